The van der Waals surface area contributed by atoms with Crippen molar-refractivity contribution in [2.45, 2.75) is 45.8 Å². The third-order valence-electron chi connectivity index (χ3n) is 4.75. The molecule has 1 aromatic carbocycles. The molecule has 0 unspecified atom stereocenters. The Bertz CT molecular complexity index is 668. The first kappa shape index (κ1) is 16.1. The van der Waals surface area contributed by atoms with Crippen LogP contribution in [0.3, 0.4) is 0 Å². The Labute approximate surface area is 137 Å². The summed E-state index contributed by atoms with van der Waals surface area (Å²) < 4.78 is 10.4. The van der Waals surface area contributed by atoms with E-state index in [2.05, 4.69) is 54.0 Å². The van der Waals surface area contributed by atoms with E-state index in [1.54, 1.807) is 7.11 Å². The van der Waals surface area contributed by atoms with Crippen molar-refractivity contribution in [2.24, 2.45) is 0 Å². The lowest BCUT2D eigenvalue weighted by Gasteiger charge is -2.21. The van der Waals surface area contributed by atoms with Crippen LogP contribution in [0.1, 0.15) is 53.7 Å². The molecule has 1 aliphatic heterocycles. The summed E-state index contributed by atoms with van der Waals surface area (Å²) in [4.78, 5) is 6.85. The minimum atomic E-state index is 0.142. The van der Waals surface area contributed by atoms with Gasteiger partial charge in [0.15, 0.2) is 5.82 Å². The van der Waals surface area contributed by atoms with E-state index in [1.807, 2.05) is 0 Å². The number of methoxy groups -OCH3 is 1. The monoisotopic (exact) mass is 315 g/mol. The van der Waals surface area contributed by atoms with Crippen molar-refractivity contribution in [3.8, 4) is 0 Å². The first-order chi connectivity index (χ1) is 11.1. The Morgan fingerprint density at radius 2 is 2.22 bits per heavy atom. The summed E-state index contributed by atoms with van der Waals surface area (Å²) in [7, 11) is 1.63. The van der Waals surface area contributed by atoms with E-state index < -0.39 is 0 Å². The zero-order valence-corrected chi connectivity index (χ0v) is 14.4. The van der Waals surface area contributed by atoms with Crippen molar-refractivity contribution < 1.29 is 9.26 Å². The fourth-order valence-corrected chi connectivity index (χ4v) is 3.46. The molecule has 1 aliphatic rings. The molecule has 1 saturated heterocycles. The molecule has 1 fully saturated rings. The first-order valence-corrected chi connectivity index (χ1v) is 8.21. The molecule has 0 spiro atoms. The van der Waals surface area contributed by atoms with E-state index >= 15 is 0 Å². The summed E-state index contributed by atoms with van der Waals surface area (Å²) in [6.45, 7) is 8.97. The molecule has 2 atom stereocenters. The van der Waals surface area contributed by atoms with E-state index in [1.165, 1.54) is 23.1 Å². The molecule has 0 N–H and O–H groups in total. The van der Waals surface area contributed by atoms with Gasteiger partial charge in [0.2, 0.25) is 5.89 Å². The number of likely N-dealkylation sites (tertiary alicyclic amines) is 1. The molecule has 0 bridgehead atoms. The highest BCUT2D eigenvalue weighted by Gasteiger charge is 2.31. The van der Waals surface area contributed by atoms with Crippen LogP contribution in [0.2, 0.25) is 0 Å². The van der Waals surface area contributed by atoms with Crippen LogP contribution in [0.15, 0.2) is 22.7 Å². The fraction of sp³-hybridized carbons (Fsp3) is 0.556. The van der Waals surface area contributed by atoms with Gasteiger partial charge in [-0.2, -0.15) is 4.98 Å². The van der Waals surface area contributed by atoms with Gasteiger partial charge >= 0.3 is 0 Å². The highest BCUT2D eigenvalue weighted by atomic mass is 16.5. The number of ether oxygens (including phenoxy) is 1. The summed E-state index contributed by atoms with van der Waals surface area (Å²) in [6, 6.07) is 6.91. The standard InChI is InChI=1S/C18H25N3O2/c1-12-5-6-16(13(2)9-12)15-7-8-21(10-15)14(3)18-19-17(11-22-4)20-23-18/h5-6,9,14-15H,7-8,10-11H2,1-4H3/t14-,15+/m1/s1. The van der Waals surface area contributed by atoms with Gasteiger partial charge in [0.1, 0.15) is 6.61 Å². The van der Waals surface area contributed by atoms with E-state index in [-0.39, 0.29) is 6.04 Å². The minimum absolute atomic E-state index is 0.142. The molecule has 2 heterocycles. The normalized spacial score (nSPS) is 20.1. The summed E-state index contributed by atoms with van der Waals surface area (Å²) in [5, 5.41) is 3.96. The number of rotatable bonds is 5. The Balaban J connectivity index is 1.68. The fourth-order valence-electron chi connectivity index (χ4n) is 3.46. The van der Waals surface area contributed by atoms with Crippen molar-refractivity contribution in [2.75, 3.05) is 20.2 Å². The van der Waals surface area contributed by atoms with Crippen molar-refractivity contribution in [3.63, 3.8) is 0 Å². The molecule has 0 amide bonds. The van der Waals surface area contributed by atoms with Crippen LogP contribution in [0, 0.1) is 13.8 Å². The van der Waals surface area contributed by atoms with Crippen LogP contribution in [0.25, 0.3) is 0 Å². The maximum absolute atomic E-state index is 5.39. The van der Waals surface area contributed by atoms with Gasteiger partial charge < -0.3 is 9.26 Å². The van der Waals surface area contributed by atoms with Gasteiger partial charge in [-0.05, 0) is 50.8 Å². The number of nitrogens with zero attached hydrogens (tertiary/aromatic N) is 3. The Morgan fingerprint density at radius 1 is 1.39 bits per heavy atom. The predicted octanol–water partition coefficient (Wildman–Crippen LogP) is 3.38. The predicted molar refractivity (Wildman–Crippen MR) is 88.3 cm³/mol. The molecular formula is C18H25N3O2. The van der Waals surface area contributed by atoms with Gasteiger partial charge in [-0.25, -0.2) is 0 Å². The SMILES string of the molecule is COCc1noc([C@@H](C)N2CC[C@H](c3ccc(C)cc3C)C2)n1. The second-order valence-corrected chi connectivity index (χ2v) is 6.50. The molecule has 5 heteroatoms. The highest BCUT2D eigenvalue weighted by molar-refractivity contribution is 5.34. The molecule has 23 heavy (non-hydrogen) atoms. The maximum atomic E-state index is 5.39. The highest BCUT2D eigenvalue weighted by Crippen LogP contribution is 2.34. The number of aryl methyl sites for hydroxylation is 2. The molecule has 124 valence electrons. The van der Waals surface area contributed by atoms with Crippen LogP contribution in [-0.2, 0) is 11.3 Å². The Morgan fingerprint density at radius 3 is 2.96 bits per heavy atom. The van der Waals surface area contributed by atoms with Crippen LogP contribution in [0.4, 0.5) is 0 Å². The van der Waals surface area contributed by atoms with E-state index in [0.29, 0.717) is 24.2 Å². The zero-order chi connectivity index (χ0) is 16.4. The van der Waals surface area contributed by atoms with Gasteiger partial charge in [-0.1, -0.05) is 28.9 Å². The largest absolute Gasteiger partial charge is 0.377 e. The lowest BCUT2D eigenvalue weighted by Crippen LogP contribution is -2.24. The average molecular weight is 315 g/mol. The van der Waals surface area contributed by atoms with Crippen molar-refractivity contribution >= 4 is 0 Å². The minimum Gasteiger partial charge on any atom is -0.377 e. The van der Waals surface area contributed by atoms with Gasteiger partial charge in [0.25, 0.3) is 0 Å². The van der Waals surface area contributed by atoms with Gasteiger partial charge in [-0.3, -0.25) is 4.90 Å². The molecule has 0 radical (unpaired) electrons. The Hall–Kier alpha value is -1.72. The van der Waals surface area contributed by atoms with E-state index in [9.17, 15) is 0 Å². The number of hydrogen-bond acceptors (Lipinski definition) is 5. The molecule has 1 aromatic heterocycles. The number of hydrogen-bond donors (Lipinski definition) is 0. The van der Waals surface area contributed by atoms with Gasteiger partial charge in [-0.15, -0.1) is 0 Å². The Kier molecular flexibility index (Phi) is 4.78. The summed E-state index contributed by atoms with van der Waals surface area (Å²) in [5.41, 5.74) is 4.19. The van der Waals surface area contributed by atoms with Crippen LogP contribution < -0.4 is 0 Å². The van der Waals surface area contributed by atoms with E-state index in [0.717, 1.165) is 13.1 Å². The van der Waals surface area contributed by atoms with E-state index in [4.69, 9.17) is 9.26 Å². The van der Waals surface area contributed by atoms with Crippen LogP contribution in [0.5, 0.6) is 0 Å². The smallest absolute Gasteiger partial charge is 0.243 e. The molecule has 3 rings (SSSR count). The van der Waals surface area contributed by atoms with Gasteiger partial charge in [0.05, 0.1) is 6.04 Å². The molecule has 2 aromatic rings. The topological polar surface area (TPSA) is 51.4 Å². The average Bonchev–Trinajstić information content (AvgIpc) is 3.16. The summed E-state index contributed by atoms with van der Waals surface area (Å²) in [6.07, 6.45) is 1.17. The number of aromatic nitrogens is 2. The van der Waals surface area contributed by atoms with Crippen molar-refractivity contribution in [1.82, 2.24) is 15.0 Å². The first-order valence-electron chi connectivity index (χ1n) is 8.21. The maximum Gasteiger partial charge on any atom is 0.243 e. The molecular weight excluding hydrogens is 290 g/mol. The lowest BCUT2D eigenvalue weighted by molar-refractivity contribution is 0.173. The molecule has 5 nitrogen and oxygen atoms in total. The number of benzene rings is 1. The third kappa shape index (κ3) is 3.46. The van der Waals surface area contributed by atoms with Gasteiger partial charge in [0, 0.05) is 13.7 Å². The molecule has 0 aliphatic carbocycles. The molecule has 0 saturated carbocycles. The van der Waals surface area contributed by atoms with Crippen LogP contribution >= 0.6 is 0 Å². The quantitative estimate of drug-likeness (QED) is 0.846. The lowest BCUT2D eigenvalue weighted by atomic mass is 9.93. The third-order valence-corrected chi connectivity index (χ3v) is 4.75. The van der Waals surface area contributed by atoms with Crippen molar-refractivity contribution in [3.05, 3.63) is 46.6 Å². The van der Waals surface area contributed by atoms with Crippen molar-refractivity contribution in [1.29, 1.82) is 0 Å². The summed E-state index contributed by atoms with van der Waals surface area (Å²) in [5.74, 6) is 1.87. The second kappa shape index (κ2) is 6.81. The second-order valence-electron chi connectivity index (χ2n) is 6.50. The summed E-state index contributed by atoms with van der Waals surface area (Å²) >= 11 is 0. The zero-order valence-electron chi connectivity index (χ0n) is 14.4. The van der Waals surface area contributed by atoms with Crippen LogP contribution in [-0.4, -0.2) is 35.2 Å².